The summed E-state index contributed by atoms with van der Waals surface area (Å²) in [5, 5.41) is 0. The van der Waals surface area contributed by atoms with E-state index in [1.807, 2.05) is 0 Å². The Morgan fingerprint density at radius 2 is 0.963 bits per heavy atom. The molecule has 0 radical (unpaired) electrons. The van der Waals surface area contributed by atoms with Gasteiger partial charge in [0.25, 0.3) is 0 Å². The van der Waals surface area contributed by atoms with Crippen molar-refractivity contribution in [1.82, 2.24) is 0 Å². The van der Waals surface area contributed by atoms with E-state index in [0.717, 1.165) is 0 Å². The van der Waals surface area contributed by atoms with E-state index in [-0.39, 0.29) is 24.8 Å². The molecule has 0 bridgehead atoms. The third-order valence-corrected chi connectivity index (χ3v) is 7.77. The van der Waals surface area contributed by atoms with Crippen LogP contribution in [0.25, 0.3) is 12.2 Å². The van der Waals surface area contributed by atoms with Crippen molar-refractivity contribution in [2.75, 3.05) is 0 Å². The molecule has 0 atom stereocenters. The zero-order valence-electron chi connectivity index (χ0n) is 14.6. The maximum Gasteiger partial charge on any atom is -1.00 e. The molecule has 2 aliphatic carbocycles. The molecular formula is C24H18Cl2Zr. The molecule has 27 heavy (non-hydrogen) atoms. The fraction of sp³-hybridized carbons (Fsp3) is 0. The van der Waals surface area contributed by atoms with E-state index in [1.165, 1.54) is 22.3 Å². The Balaban J connectivity index is 0.00000131. The van der Waals surface area contributed by atoms with Crippen molar-refractivity contribution in [3.05, 3.63) is 126 Å². The van der Waals surface area contributed by atoms with Crippen molar-refractivity contribution in [3.8, 4) is 0 Å². The predicted octanol–water partition coefficient (Wildman–Crippen LogP) is 0.151. The summed E-state index contributed by atoms with van der Waals surface area (Å²) in [7, 11) is 0. The van der Waals surface area contributed by atoms with Crippen LogP contribution in [-0.2, 0) is 23.2 Å². The summed E-state index contributed by atoms with van der Waals surface area (Å²) in [5.74, 6) is 0. The predicted molar refractivity (Wildman–Crippen MR) is 103 cm³/mol. The summed E-state index contributed by atoms with van der Waals surface area (Å²) < 4.78 is 3.09. The van der Waals surface area contributed by atoms with Gasteiger partial charge < -0.3 is 24.8 Å². The van der Waals surface area contributed by atoms with Crippen LogP contribution in [0.3, 0.4) is 0 Å². The van der Waals surface area contributed by atoms with Crippen molar-refractivity contribution < 1.29 is 48.0 Å². The van der Waals surface area contributed by atoms with Crippen LogP contribution < -0.4 is 24.8 Å². The van der Waals surface area contributed by atoms with Crippen LogP contribution in [0.2, 0.25) is 0 Å². The van der Waals surface area contributed by atoms with Gasteiger partial charge in [-0.1, -0.05) is 0 Å². The molecule has 0 unspecified atom stereocenters. The smallest absolute Gasteiger partial charge is 1.00 e. The first-order valence-corrected chi connectivity index (χ1v) is 10.9. The van der Waals surface area contributed by atoms with Crippen LogP contribution in [0.15, 0.2) is 115 Å². The quantitative estimate of drug-likeness (QED) is 0.600. The van der Waals surface area contributed by atoms with Gasteiger partial charge in [0.15, 0.2) is 0 Å². The third-order valence-electron chi connectivity index (χ3n) is 4.21. The SMILES string of the molecule is C1=CC(=Cc2ccccc2)[C]([Zr+2][C]2=CC=CC2=Cc2ccccc2)=C1.[Cl-].[Cl-]. The fourth-order valence-electron chi connectivity index (χ4n) is 2.95. The van der Waals surface area contributed by atoms with Crippen LogP contribution in [0.1, 0.15) is 11.1 Å². The van der Waals surface area contributed by atoms with Crippen molar-refractivity contribution in [2.24, 2.45) is 0 Å². The zero-order valence-corrected chi connectivity index (χ0v) is 18.6. The Kier molecular flexibility index (Phi) is 8.51. The number of rotatable bonds is 4. The number of allylic oxidation sites excluding steroid dienone is 10. The monoisotopic (exact) mass is 466 g/mol. The van der Waals surface area contributed by atoms with E-state index < -0.39 is 23.2 Å². The Hall–Kier alpha value is -1.66. The van der Waals surface area contributed by atoms with E-state index in [1.54, 1.807) is 6.56 Å². The van der Waals surface area contributed by atoms with Crippen molar-refractivity contribution in [1.29, 1.82) is 0 Å². The molecule has 0 aromatic heterocycles. The summed E-state index contributed by atoms with van der Waals surface area (Å²) in [4.78, 5) is 0. The van der Waals surface area contributed by atoms with Crippen LogP contribution in [0.4, 0.5) is 0 Å². The molecule has 0 spiro atoms. The van der Waals surface area contributed by atoms with Crippen LogP contribution >= 0.6 is 0 Å². The first-order chi connectivity index (χ1) is 12.4. The van der Waals surface area contributed by atoms with Gasteiger partial charge in [-0.25, -0.2) is 0 Å². The first kappa shape index (κ1) is 21.6. The normalized spacial score (nSPS) is 17.2. The Morgan fingerprint density at radius 1 is 0.556 bits per heavy atom. The van der Waals surface area contributed by atoms with Gasteiger partial charge in [0.1, 0.15) is 0 Å². The summed E-state index contributed by atoms with van der Waals surface area (Å²) in [6, 6.07) is 21.2. The van der Waals surface area contributed by atoms with Gasteiger partial charge in [-0.15, -0.1) is 0 Å². The standard InChI is InChI=1S/2C12H9.2ClH.Zr/c2*1-2-6-11(7-3-1)10-12-8-4-5-9-12;;;/h2*1-8,10H;2*1H;/q;;;;+2/p-2. The topological polar surface area (TPSA) is 0 Å². The van der Waals surface area contributed by atoms with Crippen LogP contribution in [0.5, 0.6) is 0 Å². The zero-order chi connectivity index (χ0) is 16.9. The van der Waals surface area contributed by atoms with Crippen molar-refractivity contribution in [2.45, 2.75) is 0 Å². The number of halogens is 2. The second kappa shape index (κ2) is 10.6. The molecule has 2 aromatic carbocycles. The maximum atomic E-state index is 2.31. The van der Waals surface area contributed by atoms with E-state index >= 15 is 0 Å². The minimum absolute atomic E-state index is 0. The molecule has 132 valence electrons. The molecule has 0 aliphatic heterocycles. The van der Waals surface area contributed by atoms with Gasteiger partial charge in [0.2, 0.25) is 0 Å². The average molecular weight is 469 g/mol. The molecule has 0 saturated heterocycles. The first-order valence-electron chi connectivity index (χ1n) is 8.46. The molecule has 0 nitrogen and oxygen atoms in total. The second-order valence-corrected chi connectivity index (χ2v) is 9.29. The minimum Gasteiger partial charge on any atom is -1.00 e. The van der Waals surface area contributed by atoms with Crippen LogP contribution in [0, 0.1) is 0 Å². The largest absolute Gasteiger partial charge is 1.00 e. The van der Waals surface area contributed by atoms with Gasteiger partial charge >= 0.3 is 161 Å². The molecule has 0 heterocycles. The van der Waals surface area contributed by atoms with E-state index in [9.17, 15) is 0 Å². The van der Waals surface area contributed by atoms with E-state index in [0.29, 0.717) is 0 Å². The molecule has 2 aliphatic rings. The maximum absolute atomic E-state index is 2.31. The van der Waals surface area contributed by atoms with E-state index in [2.05, 4.69) is 109 Å². The summed E-state index contributed by atoms with van der Waals surface area (Å²) in [6.45, 7) is 0. The molecule has 0 fully saturated rings. The second-order valence-electron chi connectivity index (χ2n) is 6.02. The van der Waals surface area contributed by atoms with Gasteiger partial charge in [0, 0.05) is 0 Å². The Labute approximate surface area is 185 Å². The summed E-state index contributed by atoms with van der Waals surface area (Å²) in [6.07, 6.45) is 18.1. The summed E-state index contributed by atoms with van der Waals surface area (Å²) >= 11 is -0.828. The minimum atomic E-state index is -0.828. The number of benzene rings is 2. The molecule has 0 saturated carbocycles. The molecule has 2 aromatic rings. The molecule has 0 amide bonds. The average Bonchev–Trinajstić information content (AvgIpc) is 3.27. The Bertz CT molecular complexity index is 867. The number of hydrogen-bond acceptors (Lipinski definition) is 0. The van der Waals surface area contributed by atoms with Crippen molar-refractivity contribution >= 4 is 12.2 Å². The Morgan fingerprint density at radius 3 is 1.37 bits per heavy atom. The van der Waals surface area contributed by atoms with Crippen LogP contribution in [-0.4, -0.2) is 0 Å². The molecular weight excluding hydrogens is 450 g/mol. The van der Waals surface area contributed by atoms with Crippen molar-refractivity contribution in [3.63, 3.8) is 0 Å². The van der Waals surface area contributed by atoms with Gasteiger partial charge in [0.05, 0.1) is 0 Å². The summed E-state index contributed by atoms with van der Waals surface area (Å²) in [5.41, 5.74) is 5.30. The molecule has 4 rings (SSSR count). The third kappa shape index (κ3) is 5.66. The van der Waals surface area contributed by atoms with Gasteiger partial charge in [-0.3, -0.25) is 0 Å². The van der Waals surface area contributed by atoms with Gasteiger partial charge in [-0.2, -0.15) is 0 Å². The fourth-order valence-corrected chi connectivity index (χ4v) is 6.02. The molecule has 3 heteroatoms. The molecule has 0 N–H and O–H groups in total. The van der Waals surface area contributed by atoms with E-state index in [4.69, 9.17) is 0 Å². The van der Waals surface area contributed by atoms with Gasteiger partial charge in [-0.05, 0) is 0 Å². The number of hydrogen-bond donors (Lipinski definition) is 0.